The Labute approximate surface area is 249 Å². The van der Waals surface area contributed by atoms with E-state index in [1.807, 2.05) is 18.2 Å². The molecule has 10 radical (unpaired) electrons. The summed E-state index contributed by atoms with van der Waals surface area (Å²) in [5, 5.41) is 5.89. The molecule has 0 aliphatic rings. The fraction of sp³-hybridized carbons (Fsp3) is 0. The number of pyridine rings is 1. The van der Waals surface area contributed by atoms with Crippen LogP contribution in [0.4, 0.5) is 0 Å². The van der Waals surface area contributed by atoms with E-state index >= 15 is 0 Å². The Hall–Kier alpha value is -4.63. The topological polar surface area (TPSA) is 17.3 Å². The van der Waals surface area contributed by atoms with Crippen LogP contribution in [0.1, 0.15) is 0 Å². The maximum atomic E-state index is 6.32. The average molecular weight is 520 g/mol. The first kappa shape index (κ1) is 25.1. The lowest BCUT2D eigenvalue weighted by atomic mass is 9.59. The molecule has 2 nitrogen and oxygen atoms in total. The van der Waals surface area contributed by atoms with Gasteiger partial charge in [0.2, 0.25) is 0 Å². The smallest absolute Gasteiger partial charge is 0.147 e. The number of para-hydroxylation sites is 2. The minimum atomic E-state index is 0.209. The number of hydrogen-bond donors (Lipinski definition) is 0. The van der Waals surface area contributed by atoms with Gasteiger partial charge in [0.15, 0.2) is 0 Å². The Balaban J connectivity index is 1.37. The monoisotopic (exact) mass is 520 g/mol. The molecular weight excluding hydrogens is 502 g/mol. The molecule has 8 aromatic rings. The van der Waals surface area contributed by atoms with Gasteiger partial charge in [-0.2, -0.15) is 0 Å². The second-order valence-corrected chi connectivity index (χ2v) is 10.7. The highest BCUT2D eigenvalue weighted by atomic mass is 15.0. The van der Waals surface area contributed by atoms with Crippen LogP contribution in [0.15, 0.2) is 103 Å². The van der Waals surface area contributed by atoms with Gasteiger partial charge in [-0.25, -0.2) is 4.98 Å². The van der Waals surface area contributed by atoms with Crippen molar-refractivity contribution < 1.29 is 0 Å². The lowest BCUT2D eigenvalue weighted by Gasteiger charge is -2.21. The van der Waals surface area contributed by atoms with Crippen molar-refractivity contribution in [2.24, 2.45) is 0 Å². The summed E-state index contributed by atoms with van der Waals surface area (Å²) in [5.41, 5.74) is 8.95. The largest absolute Gasteiger partial charge is 0.292 e. The Bertz CT molecular complexity index is 2380. The molecule has 0 amide bonds. The molecule has 0 bridgehead atoms. The molecule has 42 heavy (non-hydrogen) atoms. The lowest BCUT2D eigenvalue weighted by molar-refractivity contribution is 1.32. The molecule has 0 saturated heterocycles. The summed E-state index contributed by atoms with van der Waals surface area (Å²) < 4.78 is 2.29. The van der Waals surface area contributed by atoms with E-state index in [2.05, 4.69) is 89.3 Å². The van der Waals surface area contributed by atoms with Crippen molar-refractivity contribution in [1.29, 1.82) is 0 Å². The summed E-state index contributed by atoms with van der Waals surface area (Å²) in [6, 6.07) is 35.9. The van der Waals surface area contributed by atoms with E-state index < -0.39 is 0 Å². The van der Waals surface area contributed by atoms with Crippen LogP contribution in [-0.2, 0) is 0 Å². The number of imidazole rings is 1. The highest BCUT2D eigenvalue weighted by Gasteiger charge is 2.17. The van der Waals surface area contributed by atoms with Gasteiger partial charge in [0.05, 0.1) is 16.6 Å². The highest BCUT2D eigenvalue weighted by Crippen LogP contribution is 2.38. The van der Waals surface area contributed by atoms with Crippen LogP contribution in [0.25, 0.3) is 71.4 Å². The summed E-state index contributed by atoms with van der Waals surface area (Å²) in [4.78, 5) is 5.14. The maximum Gasteiger partial charge on any atom is 0.147 e. The molecule has 0 fully saturated rings. The zero-order valence-corrected chi connectivity index (χ0v) is 22.6. The zero-order valence-electron chi connectivity index (χ0n) is 22.6. The molecule has 7 heteroatoms. The van der Waals surface area contributed by atoms with Crippen molar-refractivity contribution in [2.75, 3.05) is 0 Å². The summed E-state index contributed by atoms with van der Waals surface area (Å²) in [6.07, 6.45) is 0. The van der Waals surface area contributed by atoms with Gasteiger partial charge in [-0.15, -0.1) is 16.4 Å². The number of aromatic nitrogens is 2. The molecule has 0 saturated carbocycles. The van der Waals surface area contributed by atoms with Crippen LogP contribution in [0, 0.1) is 0 Å². The summed E-state index contributed by atoms with van der Waals surface area (Å²) in [7, 11) is 30.9. The molecule has 2 heterocycles. The lowest BCUT2D eigenvalue weighted by Crippen LogP contribution is -2.55. The number of benzene rings is 6. The first-order valence-electron chi connectivity index (χ1n) is 13.7. The third-order valence-corrected chi connectivity index (χ3v) is 8.45. The van der Waals surface area contributed by atoms with E-state index in [4.69, 9.17) is 44.2 Å². The van der Waals surface area contributed by atoms with Crippen LogP contribution in [0.5, 0.6) is 0 Å². The minimum absolute atomic E-state index is 0.209. The van der Waals surface area contributed by atoms with Crippen molar-refractivity contribution in [3.05, 3.63) is 103 Å². The van der Waals surface area contributed by atoms with Gasteiger partial charge in [-0.1, -0.05) is 95.9 Å². The Morgan fingerprint density at radius 3 is 1.88 bits per heavy atom. The average Bonchev–Trinajstić information content (AvgIpc) is 3.42. The van der Waals surface area contributed by atoms with E-state index in [1.54, 1.807) is 0 Å². The molecule has 0 aliphatic carbocycles. The molecule has 0 atom stereocenters. The van der Waals surface area contributed by atoms with Gasteiger partial charge >= 0.3 is 0 Å². The number of nitrogens with zero attached hydrogens (tertiary/aromatic N) is 2. The van der Waals surface area contributed by atoms with Crippen molar-refractivity contribution in [2.45, 2.75) is 0 Å². The third-order valence-electron chi connectivity index (χ3n) is 8.45. The summed E-state index contributed by atoms with van der Waals surface area (Å²) in [5.74, 6) is 0. The fourth-order valence-electron chi connectivity index (χ4n) is 6.29. The normalized spacial score (nSPS) is 11.8. The second-order valence-electron chi connectivity index (χ2n) is 10.7. The maximum absolute atomic E-state index is 6.32. The first-order valence-corrected chi connectivity index (χ1v) is 13.7. The quantitative estimate of drug-likeness (QED) is 0.253. The van der Waals surface area contributed by atoms with E-state index in [9.17, 15) is 0 Å². The number of fused-ring (bicyclic) bond motifs is 10. The number of hydrogen-bond acceptors (Lipinski definition) is 1. The molecule has 0 unspecified atom stereocenters. The molecule has 0 N–H and O–H groups in total. The van der Waals surface area contributed by atoms with Crippen LogP contribution < -0.4 is 27.3 Å². The summed E-state index contributed by atoms with van der Waals surface area (Å²) in [6.45, 7) is 0. The Kier molecular flexibility index (Phi) is 5.50. The Morgan fingerprint density at radius 2 is 1.10 bits per heavy atom. The van der Waals surface area contributed by atoms with E-state index in [0.717, 1.165) is 44.3 Å². The van der Waals surface area contributed by atoms with Crippen molar-refractivity contribution in [3.8, 4) is 22.3 Å². The van der Waals surface area contributed by atoms with Crippen molar-refractivity contribution >= 4 is 116 Å². The van der Waals surface area contributed by atoms with Crippen molar-refractivity contribution in [3.63, 3.8) is 0 Å². The van der Waals surface area contributed by atoms with E-state index in [0.29, 0.717) is 16.5 Å². The van der Waals surface area contributed by atoms with Gasteiger partial charge in [0.1, 0.15) is 44.9 Å². The molecule has 182 valence electrons. The van der Waals surface area contributed by atoms with E-state index in [-0.39, 0.29) is 16.4 Å². The van der Waals surface area contributed by atoms with Gasteiger partial charge < -0.3 is 0 Å². The predicted octanol–water partition coefficient (Wildman–Crippen LogP) is 3.25. The third kappa shape index (κ3) is 3.49. The van der Waals surface area contributed by atoms with Gasteiger partial charge in [0, 0.05) is 10.8 Å². The molecule has 0 aliphatic heterocycles. The van der Waals surface area contributed by atoms with Crippen LogP contribution >= 0.6 is 0 Å². The van der Waals surface area contributed by atoms with Crippen LogP contribution in [0.3, 0.4) is 0 Å². The number of rotatable bonds is 2. The fourth-order valence-corrected chi connectivity index (χ4v) is 6.29. The standard InChI is InChI=1S/C35H17B5N2/c36-30-28(31(37)33(39)34(40)32(30)38)20-11-9-18(10-12-20)21-14-15-23-24-16-13-19-5-1-2-6-22(19)29(24)35-41-25-7-3-4-8-26(25)42(35)27(23)17-21/h1-17H. The van der Waals surface area contributed by atoms with Crippen LogP contribution in [0.2, 0.25) is 0 Å². The van der Waals surface area contributed by atoms with Gasteiger partial charge in [-0.3, -0.25) is 4.40 Å². The second kappa shape index (κ2) is 9.19. The molecule has 2 aromatic heterocycles. The van der Waals surface area contributed by atoms with Gasteiger partial charge in [0.25, 0.3) is 0 Å². The first-order chi connectivity index (χ1) is 20.4. The molecule has 6 aromatic carbocycles. The summed E-state index contributed by atoms with van der Waals surface area (Å²) >= 11 is 0. The zero-order chi connectivity index (χ0) is 28.7. The molecular formula is C35H17B5N2. The van der Waals surface area contributed by atoms with Crippen molar-refractivity contribution in [1.82, 2.24) is 9.38 Å². The van der Waals surface area contributed by atoms with Gasteiger partial charge in [-0.05, 0) is 56.6 Å². The molecule has 8 rings (SSSR count). The van der Waals surface area contributed by atoms with Crippen LogP contribution in [-0.4, -0.2) is 48.6 Å². The molecule has 0 spiro atoms. The Morgan fingerprint density at radius 1 is 0.476 bits per heavy atom. The van der Waals surface area contributed by atoms with E-state index in [1.165, 1.54) is 21.5 Å². The SMILES string of the molecule is [B]c1c([B])c([B])c(-c2ccc(-c3ccc4c5ccc6ccccc6c5c5nc6ccccc6n5c4c3)cc2)c([B])c1[B]. The highest BCUT2D eigenvalue weighted by molar-refractivity contribution is 6.68. The predicted molar refractivity (Wildman–Crippen MR) is 183 cm³/mol. The minimum Gasteiger partial charge on any atom is -0.292 e.